The summed E-state index contributed by atoms with van der Waals surface area (Å²) >= 11 is 0. The van der Waals surface area contributed by atoms with Gasteiger partial charge in [0.25, 0.3) is 0 Å². The molecule has 3 heteroatoms. The highest BCUT2D eigenvalue weighted by molar-refractivity contribution is 4.93. The maximum absolute atomic E-state index is 6.09. The van der Waals surface area contributed by atoms with Gasteiger partial charge in [-0.2, -0.15) is 0 Å². The molecule has 262 valence electrons. The van der Waals surface area contributed by atoms with Crippen molar-refractivity contribution in [3.63, 3.8) is 0 Å². The van der Waals surface area contributed by atoms with Crippen LogP contribution in [0.2, 0.25) is 0 Å². The first-order valence-corrected chi connectivity index (χ1v) is 19.8. The fourth-order valence-corrected chi connectivity index (χ4v) is 6.03. The summed E-state index contributed by atoms with van der Waals surface area (Å²) in [5.74, 6) is 1.23. The highest BCUT2D eigenvalue weighted by atomic mass is 16.5. The van der Waals surface area contributed by atoms with Crippen LogP contribution < -0.4 is 5.32 Å². The van der Waals surface area contributed by atoms with Crippen molar-refractivity contribution in [2.75, 3.05) is 39.5 Å². The Balaban J connectivity index is 1.83. The van der Waals surface area contributed by atoms with E-state index in [0.717, 1.165) is 52.4 Å². The average molecular weight is 628 g/mol. The van der Waals surface area contributed by atoms with Gasteiger partial charge in [-0.1, -0.05) is 140 Å². The zero-order valence-corrected chi connectivity index (χ0v) is 30.3. The maximum atomic E-state index is 6.09. The molecular formula is C42H77NO2. The second kappa shape index (κ2) is 35.7. The van der Waals surface area contributed by atoms with E-state index in [9.17, 15) is 0 Å². The molecule has 2 atom stereocenters. The van der Waals surface area contributed by atoms with Crippen molar-refractivity contribution < 1.29 is 9.47 Å². The summed E-state index contributed by atoms with van der Waals surface area (Å²) in [6, 6.07) is 0. The zero-order chi connectivity index (χ0) is 32.1. The summed E-state index contributed by atoms with van der Waals surface area (Å²) in [4.78, 5) is 0. The number of ether oxygens (including phenoxy) is 2. The second-order valence-electron chi connectivity index (χ2n) is 13.5. The molecule has 0 unspecified atom stereocenters. The van der Waals surface area contributed by atoms with Crippen molar-refractivity contribution in [2.24, 2.45) is 11.8 Å². The third-order valence-electron chi connectivity index (χ3n) is 9.12. The summed E-state index contributed by atoms with van der Waals surface area (Å²) in [5.41, 5.74) is 0. The number of nitrogens with one attached hydrogen (secondary N) is 1. The Morgan fingerprint density at radius 3 is 1.13 bits per heavy atom. The SMILES string of the molecule is CCCCC/C=C\C/C=C\CCCCCCCCOC[C@@H]1CNC[C@H]1COCCCCCCCC/C=C\C/C=C\CCCCC. The summed E-state index contributed by atoms with van der Waals surface area (Å²) < 4.78 is 12.2. The third-order valence-corrected chi connectivity index (χ3v) is 9.12. The molecule has 1 heterocycles. The minimum Gasteiger partial charge on any atom is -0.381 e. The molecule has 0 aromatic carbocycles. The van der Waals surface area contributed by atoms with Gasteiger partial charge < -0.3 is 14.8 Å². The summed E-state index contributed by atoms with van der Waals surface area (Å²) in [6.45, 7) is 10.3. The Labute approximate surface area is 282 Å². The lowest BCUT2D eigenvalue weighted by Crippen LogP contribution is -2.23. The van der Waals surface area contributed by atoms with Gasteiger partial charge >= 0.3 is 0 Å². The van der Waals surface area contributed by atoms with Crippen LogP contribution in [0.25, 0.3) is 0 Å². The second-order valence-corrected chi connectivity index (χ2v) is 13.5. The Bertz CT molecular complexity index is 639. The highest BCUT2D eigenvalue weighted by Gasteiger charge is 2.27. The Morgan fingerprint density at radius 1 is 0.422 bits per heavy atom. The molecular weight excluding hydrogens is 550 g/mol. The minimum atomic E-state index is 0.616. The predicted molar refractivity (Wildman–Crippen MR) is 200 cm³/mol. The fourth-order valence-electron chi connectivity index (χ4n) is 6.03. The van der Waals surface area contributed by atoms with Gasteiger partial charge in [-0.3, -0.25) is 0 Å². The molecule has 45 heavy (non-hydrogen) atoms. The van der Waals surface area contributed by atoms with Crippen LogP contribution in [0.5, 0.6) is 0 Å². The molecule has 0 amide bonds. The lowest BCUT2D eigenvalue weighted by Gasteiger charge is -2.18. The first kappa shape index (κ1) is 41.9. The van der Waals surface area contributed by atoms with Gasteiger partial charge in [0.15, 0.2) is 0 Å². The van der Waals surface area contributed by atoms with E-state index in [0.29, 0.717) is 11.8 Å². The first-order valence-electron chi connectivity index (χ1n) is 19.8. The molecule has 0 aliphatic carbocycles. The van der Waals surface area contributed by atoms with Crippen molar-refractivity contribution in [1.82, 2.24) is 5.32 Å². The van der Waals surface area contributed by atoms with Crippen LogP contribution in [0, 0.1) is 11.8 Å². The summed E-state index contributed by atoms with van der Waals surface area (Å²) in [7, 11) is 0. The van der Waals surface area contributed by atoms with Gasteiger partial charge in [0, 0.05) is 38.1 Å². The quantitative estimate of drug-likeness (QED) is 0.0569. The molecule has 0 spiro atoms. The molecule has 1 aliphatic heterocycles. The monoisotopic (exact) mass is 628 g/mol. The number of hydrogen-bond donors (Lipinski definition) is 1. The van der Waals surface area contributed by atoms with Crippen LogP contribution in [0.4, 0.5) is 0 Å². The highest BCUT2D eigenvalue weighted by Crippen LogP contribution is 2.18. The van der Waals surface area contributed by atoms with E-state index in [2.05, 4.69) is 67.8 Å². The third kappa shape index (κ3) is 30.0. The van der Waals surface area contributed by atoms with E-state index in [-0.39, 0.29) is 0 Å². The van der Waals surface area contributed by atoms with Gasteiger partial charge in [-0.05, 0) is 77.0 Å². The number of unbranched alkanes of at least 4 members (excludes halogenated alkanes) is 18. The van der Waals surface area contributed by atoms with Gasteiger partial charge in [0.2, 0.25) is 0 Å². The van der Waals surface area contributed by atoms with E-state index in [1.807, 2.05) is 0 Å². The molecule has 1 fully saturated rings. The smallest absolute Gasteiger partial charge is 0.0510 e. The van der Waals surface area contributed by atoms with Crippen LogP contribution in [0.15, 0.2) is 48.6 Å². The standard InChI is InChI=1S/C42H77NO2/c1-3-5-7-9-11-13-15-17-19-21-23-25-27-29-31-33-35-44-39-41-37-43-38-42(41)40-45-36-34-32-30-28-26-24-22-20-18-16-14-12-10-8-6-4-2/h11-14,17-20,41-43H,3-10,15-16,21-40H2,1-2H3/b13-11-,14-12-,19-17-,20-18-/t41-,42-/m0/s1. The summed E-state index contributed by atoms with van der Waals surface area (Å²) in [5, 5.41) is 3.56. The van der Waals surface area contributed by atoms with E-state index in [1.54, 1.807) is 0 Å². The molecule has 0 saturated carbocycles. The number of rotatable bonds is 34. The topological polar surface area (TPSA) is 30.5 Å². The molecule has 0 radical (unpaired) electrons. The minimum absolute atomic E-state index is 0.616. The van der Waals surface area contributed by atoms with E-state index >= 15 is 0 Å². The molecule has 0 bridgehead atoms. The molecule has 0 aromatic heterocycles. The van der Waals surface area contributed by atoms with Gasteiger partial charge in [-0.25, -0.2) is 0 Å². The normalized spacial score (nSPS) is 17.4. The Hall–Kier alpha value is -1.16. The first-order chi connectivity index (χ1) is 22.4. The van der Waals surface area contributed by atoms with Crippen molar-refractivity contribution >= 4 is 0 Å². The lowest BCUT2D eigenvalue weighted by atomic mass is 9.98. The van der Waals surface area contributed by atoms with E-state index in [1.165, 1.54) is 141 Å². The largest absolute Gasteiger partial charge is 0.381 e. The van der Waals surface area contributed by atoms with Crippen LogP contribution in [0.3, 0.4) is 0 Å². The molecule has 1 N–H and O–H groups in total. The van der Waals surface area contributed by atoms with Crippen LogP contribution in [0.1, 0.15) is 168 Å². The van der Waals surface area contributed by atoms with E-state index in [4.69, 9.17) is 9.47 Å². The lowest BCUT2D eigenvalue weighted by molar-refractivity contribution is 0.0482. The fraction of sp³-hybridized carbons (Fsp3) is 0.810. The average Bonchev–Trinajstić information content (AvgIpc) is 3.50. The number of allylic oxidation sites excluding steroid dienone is 8. The summed E-state index contributed by atoms with van der Waals surface area (Å²) in [6.07, 6.45) is 49.9. The van der Waals surface area contributed by atoms with Gasteiger partial charge in [0.1, 0.15) is 0 Å². The van der Waals surface area contributed by atoms with Crippen molar-refractivity contribution in [3.8, 4) is 0 Å². The molecule has 1 saturated heterocycles. The van der Waals surface area contributed by atoms with Crippen molar-refractivity contribution in [3.05, 3.63) is 48.6 Å². The zero-order valence-electron chi connectivity index (χ0n) is 30.3. The van der Waals surface area contributed by atoms with Crippen LogP contribution >= 0.6 is 0 Å². The molecule has 0 aromatic rings. The Kier molecular flexibility index (Phi) is 33.2. The van der Waals surface area contributed by atoms with Gasteiger partial charge in [-0.15, -0.1) is 0 Å². The Morgan fingerprint density at radius 2 is 0.756 bits per heavy atom. The predicted octanol–water partition coefficient (Wildman–Crippen LogP) is 12.5. The van der Waals surface area contributed by atoms with Crippen molar-refractivity contribution in [1.29, 1.82) is 0 Å². The van der Waals surface area contributed by atoms with Crippen molar-refractivity contribution in [2.45, 2.75) is 168 Å². The maximum Gasteiger partial charge on any atom is 0.0510 e. The van der Waals surface area contributed by atoms with E-state index < -0.39 is 0 Å². The molecule has 3 nitrogen and oxygen atoms in total. The van der Waals surface area contributed by atoms with Crippen LogP contribution in [-0.4, -0.2) is 39.5 Å². The van der Waals surface area contributed by atoms with Crippen LogP contribution in [-0.2, 0) is 9.47 Å². The molecule has 1 rings (SSSR count). The molecule has 1 aliphatic rings. The number of hydrogen-bond acceptors (Lipinski definition) is 3. The van der Waals surface area contributed by atoms with Gasteiger partial charge in [0.05, 0.1) is 13.2 Å².